The first-order chi connectivity index (χ1) is 9.36. The van der Waals surface area contributed by atoms with E-state index in [4.69, 9.17) is 4.98 Å². The van der Waals surface area contributed by atoms with E-state index >= 15 is 0 Å². The average Bonchev–Trinajstić information content (AvgIpc) is 2.89. The number of thiazole rings is 1. The van der Waals surface area contributed by atoms with Crippen molar-refractivity contribution >= 4 is 26.7 Å². The Morgan fingerprint density at radius 2 is 2.00 bits per heavy atom. The molecule has 0 N–H and O–H groups in total. The number of aromatic nitrogens is 1. The van der Waals surface area contributed by atoms with Gasteiger partial charge in [-0.05, 0) is 37.8 Å². The summed E-state index contributed by atoms with van der Waals surface area (Å²) in [7, 11) is 0. The van der Waals surface area contributed by atoms with Crippen LogP contribution in [-0.2, 0) is 0 Å². The van der Waals surface area contributed by atoms with E-state index in [1.165, 1.54) is 48.5 Å². The first kappa shape index (κ1) is 12.9. The van der Waals surface area contributed by atoms with Crippen molar-refractivity contribution in [2.75, 3.05) is 18.0 Å². The van der Waals surface area contributed by atoms with Gasteiger partial charge < -0.3 is 4.90 Å². The molecule has 1 saturated carbocycles. The fourth-order valence-corrected chi connectivity index (χ4v) is 4.06. The molecule has 1 aliphatic carbocycles. The van der Waals surface area contributed by atoms with Crippen molar-refractivity contribution < 1.29 is 0 Å². The molecule has 3 heteroatoms. The predicted molar refractivity (Wildman–Crippen MR) is 84.1 cm³/mol. The van der Waals surface area contributed by atoms with Gasteiger partial charge in [-0.3, -0.25) is 0 Å². The average molecular weight is 274 g/mol. The maximum Gasteiger partial charge on any atom is 0.186 e. The summed E-state index contributed by atoms with van der Waals surface area (Å²) < 4.78 is 1.31. The van der Waals surface area contributed by atoms with Crippen LogP contribution in [0.15, 0.2) is 24.3 Å². The van der Waals surface area contributed by atoms with Crippen LogP contribution in [0.2, 0.25) is 0 Å². The Morgan fingerprint density at radius 1 is 1.21 bits per heavy atom. The number of hydrogen-bond donors (Lipinski definition) is 0. The van der Waals surface area contributed by atoms with Crippen LogP contribution >= 0.6 is 11.3 Å². The third-order valence-corrected chi connectivity index (χ3v) is 5.24. The maximum atomic E-state index is 4.79. The molecule has 1 aromatic carbocycles. The van der Waals surface area contributed by atoms with Gasteiger partial charge in [0.05, 0.1) is 10.2 Å². The van der Waals surface area contributed by atoms with Crippen molar-refractivity contribution in [2.45, 2.75) is 39.0 Å². The summed E-state index contributed by atoms with van der Waals surface area (Å²) in [5.74, 6) is 0.876. The molecule has 1 aromatic heterocycles. The summed E-state index contributed by atoms with van der Waals surface area (Å²) in [6.45, 7) is 4.50. The number of fused-ring (bicyclic) bond motifs is 1. The van der Waals surface area contributed by atoms with Crippen LogP contribution in [0.25, 0.3) is 10.2 Å². The van der Waals surface area contributed by atoms with Crippen LogP contribution in [0.3, 0.4) is 0 Å². The van der Waals surface area contributed by atoms with Gasteiger partial charge in [-0.15, -0.1) is 0 Å². The zero-order valence-corrected chi connectivity index (χ0v) is 12.5. The molecule has 2 aromatic rings. The lowest BCUT2D eigenvalue weighted by Crippen LogP contribution is -2.30. The van der Waals surface area contributed by atoms with Gasteiger partial charge in [-0.1, -0.05) is 42.7 Å². The van der Waals surface area contributed by atoms with Gasteiger partial charge in [-0.25, -0.2) is 4.98 Å². The molecule has 0 unspecified atom stereocenters. The van der Waals surface area contributed by atoms with Gasteiger partial charge in [0, 0.05) is 13.1 Å². The van der Waals surface area contributed by atoms with Crippen molar-refractivity contribution in [1.29, 1.82) is 0 Å². The Hall–Kier alpha value is -1.09. The number of benzene rings is 1. The van der Waals surface area contributed by atoms with Gasteiger partial charge in [-0.2, -0.15) is 0 Å². The van der Waals surface area contributed by atoms with E-state index in [-0.39, 0.29) is 0 Å². The summed E-state index contributed by atoms with van der Waals surface area (Å²) in [5, 5.41) is 1.20. The number of para-hydroxylation sites is 1. The fourth-order valence-electron chi connectivity index (χ4n) is 3.02. The standard InChI is InChI=1S/C16H22N2S/c1-2-18(12-13-8-4-3-5-9-13)16-17-14-10-6-7-11-15(14)19-16/h6-7,10-11,13H,2-5,8-9,12H2,1H3. The molecule has 0 bridgehead atoms. The number of anilines is 1. The summed E-state index contributed by atoms with van der Waals surface area (Å²) in [4.78, 5) is 7.27. The van der Waals surface area contributed by atoms with Crippen molar-refractivity contribution in [3.05, 3.63) is 24.3 Å². The molecule has 1 aliphatic rings. The van der Waals surface area contributed by atoms with Crippen molar-refractivity contribution in [3.63, 3.8) is 0 Å². The van der Waals surface area contributed by atoms with E-state index in [1.54, 1.807) is 0 Å². The lowest BCUT2D eigenvalue weighted by Gasteiger charge is -2.28. The highest BCUT2D eigenvalue weighted by Crippen LogP contribution is 2.31. The molecule has 3 rings (SSSR count). The minimum Gasteiger partial charge on any atom is -0.348 e. The Kier molecular flexibility index (Phi) is 4.02. The first-order valence-corrected chi connectivity index (χ1v) is 8.29. The van der Waals surface area contributed by atoms with Gasteiger partial charge >= 0.3 is 0 Å². The Morgan fingerprint density at radius 3 is 2.74 bits per heavy atom. The van der Waals surface area contributed by atoms with Gasteiger partial charge in [0.2, 0.25) is 0 Å². The van der Waals surface area contributed by atoms with Crippen molar-refractivity contribution in [1.82, 2.24) is 4.98 Å². The zero-order chi connectivity index (χ0) is 13.1. The molecule has 0 radical (unpaired) electrons. The third kappa shape index (κ3) is 2.92. The highest BCUT2D eigenvalue weighted by Gasteiger charge is 2.18. The predicted octanol–water partition coefficient (Wildman–Crippen LogP) is 4.70. The lowest BCUT2D eigenvalue weighted by atomic mass is 9.89. The third-order valence-electron chi connectivity index (χ3n) is 4.14. The second-order valence-electron chi connectivity index (χ2n) is 5.51. The molecular formula is C16H22N2S. The van der Waals surface area contributed by atoms with E-state index in [2.05, 4.69) is 36.1 Å². The van der Waals surface area contributed by atoms with Crippen LogP contribution < -0.4 is 4.90 Å². The SMILES string of the molecule is CCN(CC1CCCCC1)c1nc2ccccc2s1. The second-order valence-corrected chi connectivity index (χ2v) is 6.52. The maximum absolute atomic E-state index is 4.79. The van der Waals surface area contributed by atoms with E-state index in [9.17, 15) is 0 Å². The monoisotopic (exact) mass is 274 g/mol. The van der Waals surface area contributed by atoms with Crippen LogP contribution in [0.5, 0.6) is 0 Å². The largest absolute Gasteiger partial charge is 0.348 e. The van der Waals surface area contributed by atoms with E-state index < -0.39 is 0 Å². The van der Waals surface area contributed by atoms with Crippen LogP contribution in [0, 0.1) is 5.92 Å². The minimum atomic E-state index is 0.876. The normalized spacial score (nSPS) is 16.9. The zero-order valence-electron chi connectivity index (χ0n) is 11.6. The molecule has 1 fully saturated rings. The quantitative estimate of drug-likeness (QED) is 0.803. The highest BCUT2D eigenvalue weighted by molar-refractivity contribution is 7.22. The number of nitrogens with zero attached hydrogens (tertiary/aromatic N) is 2. The summed E-state index contributed by atoms with van der Waals surface area (Å²) in [5.41, 5.74) is 1.14. The first-order valence-electron chi connectivity index (χ1n) is 7.47. The Labute approximate surface area is 119 Å². The van der Waals surface area contributed by atoms with Gasteiger partial charge in [0.1, 0.15) is 0 Å². The molecule has 0 saturated heterocycles. The molecule has 102 valence electrons. The molecule has 1 heterocycles. The molecule has 19 heavy (non-hydrogen) atoms. The highest BCUT2D eigenvalue weighted by atomic mass is 32.1. The number of rotatable bonds is 4. The fraction of sp³-hybridized carbons (Fsp3) is 0.562. The molecule has 0 atom stereocenters. The lowest BCUT2D eigenvalue weighted by molar-refractivity contribution is 0.359. The topological polar surface area (TPSA) is 16.1 Å². The van der Waals surface area contributed by atoms with Gasteiger partial charge in [0.25, 0.3) is 0 Å². The van der Waals surface area contributed by atoms with Crippen molar-refractivity contribution in [3.8, 4) is 0 Å². The Balaban J connectivity index is 1.76. The van der Waals surface area contributed by atoms with Crippen LogP contribution in [0.4, 0.5) is 5.13 Å². The van der Waals surface area contributed by atoms with E-state index in [1.807, 2.05) is 11.3 Å². The smallest absolute Gasteiger partial charge is 0.186 e. The van der Waals surface area contributed by atoms with Crippen LogP contribution in [0.1, 0.15) is 39.0 Å². The molecule has 0 spiro atoms. The second kappa shape index (κ2) is 5.91. The van der Waals surface area contributed by atoms with Gasteiger partial charge in [0.15, 0.2) is 5.13 Å². The van der Waals surface area contributed by atoms with Crippen LogP contribution in [-0.4, -0.2) is 18.1 Å². The molecule has 0 aliphatic heterocycles. The van der Waals surface area contributed by atoms with E-state index in [0.717, 1.165) is 18.0 Å². The summed E-state index contributed by atoms with van der Waals surface area (Å²) in [6.07, 6.45) is 7.08. The summed E-state index contributed by atoms with van der Waals surface area (Å²) in [6, 6.07) is 8.46. The minimum absolute atomic E-state index is 0.876. The Bertz CT molecular complexity index is 495. The molecular weight excluding hydrogens is 252 g/mol. The number of hydrogen-bond acceptors (Lipinski definition) is 3. The van der Waals surface area contributed by atoms with E-state index in [0.29, 0.717) is 0 Å². The molecule has 0 amide bonds. The summed E-state index contributed by atoms with van der Waals surface area (Å²) >= 11 is 1.83. The van der Waals surface area contributed by atoms with Crippen molar-refractivity contribution in [2.24, 2.45) is 5.92 Å². The molecule has 2 nitrogen and oxygen atoms in total.